The van der Waals surface area contributed by atoms with Gasteiger partial charge in [-0.25, -0.2) is 12.8 Å². The minimum atomic E-state index is -3.23. The first kappa shape index (κ1) is 12.4. The second-order valence-electron chi connectivity index (χ2n) is 4.77. The van der Waals surface area contributed by atoms with E-state index in [1.54, 1.807) is 24.3 Å². The molecule has 0 aromatic heterocycles. The number of hydrogen-bond donors (Lipinski definition) is 1. The van der Waals surface area contributed by atoms with E-state index in [-0.39, 0.29) is 17.9 Å². The average molecular weight is 257 g/mol. The number of sulfone groups is 1. The molecule has 2 rings (SSSR count). The van der Waals surface area contributed by atoms with Gasteiger partial charge in [-0.2, -0.15) is 0 Å². The largest absolute Gasteiger partial charge is 0.399 e. The maximum atomic E-state index is 14.5. The van der Waals surface area contributed by atoms with Crippen LogP contribution in [0.2, 0.25) is 0 Å². The summed E-state index contributed by atoms with van der Waals surface area (Å²) in [6, 6.07) is 6.96. The minimum absolute atomic E-state index is 0.107. The van der Waals surface area contributed by atoms with Crippen molar-refractivity contribution in [2.45, 2.75) is 24.9 Å². The molecule has 1 aliphatic rings. The van der Waals surface area contributed by atoms with Gasteiger partial charge in [-0.05, 0) is 30.5 Å². The van der Waals surface area contributed by atoms with Gasteiger partial charge in [0.15, 0.2) is 9.84 Å². The molecule has 3 nitrogen and oxygen atoms in total. The third-order valence-corrected chi connectivity index (χ3v) is 4.90. The van der Waals surface area contributed by atoms with Crippen molar-refractivity contribution in [1.82, 2.24) is 0 Å². The Morgan fingerprint density at radius 1 is 1.41 bits per heavy atom. The molecular weight excluding hydrogens is 241 g/mol. The monoisotopic (exact) mass is 257 g/mol. The molecule has 1 aliphatic heterocycles. The molecular formula is C12H16FNO2S. The second kappa shape index (κ2) is 4.29. The molecule has 0 saturated carbocycles. The number of nitrogen functional groups attached to an aromatic ring is 1. The lowest BCUT2D eigenvalue weighted by Crippen LogP contribution is -2.40. The molecule has 1 aromatic carbocycles. The van der Waals surface area contributed by atoms with Gasteiger partial charge >= 0.3 is 0 Å². The summed E-state index contributed by atoms with van der Waals surface area (Å²) in [4.78, 5) is 0. The van der Waals surface area contributed by atoms with E-state index in [0.29, 0.717) is 18.5 Å². The van der Waals surface area contributed by atoms with Crippen molar-refractivity contribution < 1.29 is 12.8 Å². The van der Waals surface area contributed by atoms with Crippen LogP contribution in [-0.4, -0.2) is 25.6 Å². The van der Waals surface area contributed by atoms with Gasteiger partial charge in [-0.15, -0.1) is 0 Å². The van der Waals surface area contributed by atoms with Crippen molar-refractivity contribution in [1.29, 1.82) is 0 Å². The van der Waals surface area contributed by atoms with Crippen LogP contribution in [0.5, 0.6) is 0 Å². The molecule has 2 N–H and O–H groups in total. The lowest BCUT2D eigenvalue weighted by molar-refractivity contribution is 0.171. The maximum absolute atomic E-state index is 14.5. The van der Waals surface area contributed by atoms with Gasteiger partial charge in [0.25, 0.3) is 0 Å². The van der Waals surface area contributed by atoms with Gasteiger partial charge in [-0.3, -0.25) is 0 Å². The van der Waals surface area contributed by atoms with Gasteiger partial charge in [0.1, 0.15) is 5.67 Å². The molecule has 94 valence electrons. The number of rotatable bonds is 2. The third-order valence-electron chi connectivity index (χ3n) is 3.03. The molecule has 1 aromatic rings. The molecule has 0 radical (unpaired) electrons. The predicted molar refractivity (Wildman–Crippen MR) is 66.3 cm³/mol. The topological polar surface area (TPSA) is 60.2 Å². The fourth-order valence-corrected chi connectivity index (χ4v) is 4.12. The average Bonchev–Trinajstić information content (AvgIpc) is 2.14. The summed E-state index contributed by atoms with van der Waals surface area (Å²) in [6.07, 6.45) is 0.833. The van der Waals surface area contributed by atoms with Crippen molar-refractivity contribution in [3.8, 4) is 0 Å². The van der Waals surface area contributed by atoms with Crippen LogP contribution in [0.3, 0.4) is 0 Å². The number of benzene rings is 1. The van der Waals surface area contributed by atoms with E-state index in [1.807, 2.05) is 0 Å². The normalized spacial score (nSPS) is 27.8. The Kier molecular flexibility index (Phi) is 3.12. The molecule has 1 heterocycles. The van der Waals surface area contributed by atoms with Crippen LogP contribution in [0.4, 0.5) is 10.1 Å². The van der Waals surface area contributed by atoms with Crippen molar-refractivity contribution in [3.05, 3.63) is 29.8 Å². The van der Waals surface area contributed by atoms with Crippen LogP contribution in [0, 0.1) is 0 Å². The predicted octanol–water partition coefficient (Wildman–Crippen LogP) is 1.73. The van der Waals surface area contributed by atoms with E-state index in [1.165, 1.54) is 0 Å². The highest BCUT2D eigenvalue weighted by molar-refractivity contribution is 7.91. The zero-order valence-corrected chi connectivity index (χ0v) is 10.3. The first-order valence-corrected chi connectivity index (χ1v) is 7.45. The lowest BCUT2D eigenvalue weighted by Gasteiger charge is -2.29. The molecule has 1 saturated heterocycles. The summed E-state index contributed by atoms with van der Waals surface area (Å²) < 4.78 is 37.4. The Bertz CT molecular complexity index is 515. The van der Waals surface area contributed by atoms with Gasteiger partial charge in [0.05, 0.1) is 11.5 Å². The highest BCUT2D eigenvalue weighted by Gasteiger charge is 2.39. The Hall–Kier alpha value is -1.10. The van der Waals surface area contributed by atoms with Crippen molar-refractivity contribution >= 4 is 15.5 Å². The second-order valence-corrected chi connectivity index (χ2v) is 6.95. The highest BCUT2D eigenvalue weighted by atomic mass is 32.2. The number of nitrogens with two attached hydrogens (primary N) is 1. The SMILES string of the molecule is Nc1cccc(CC2(F)CCCS(=O)(=O)C2)c1. The van der Waals surface area contributed by atoms with Crippen LogP contribution >= 0.6 is 0 Å². The Labute approximate surface area is 101 Å². The van der Waals surface area contributed by atoms with E-state index in [0.717, 1.165) is 5.56 Å². The van der Waals surface area contributed by atoms with Crippen molar-refractivity contribution in [2.24, 2.45) is 0 Å². The van der Waals surface area contributed by atoms with Crippen LogP contribution in [0.1, 0.15) is 18.4 Å². The van der Waals surface area contributed by atoms with Gasteiger partial charge < -0.3 is 5.73 Å². The van der Waals surface area contributed by atoms with Gasteiger partial charge in [0, 0.05) is 12.1 Å². The van der Waals surface area contributed by atoms with E-state index < -0.39 is 15.5 Å². The van der Waals surface area contributed by atoms with Crippen LogP contribution < -0.4 is 5.73 Å². The molecule has 0 aliphatic carbocycles. The Morgan fingerprint density at radius 2 is 2.18 bits per heavy atom. The summed E-state index contributed by atoms with van der Waals surface area (Å²) in [5.41, 5.74) is 5.31. The molecule has 5 heteroatoms. The molecule has 17 heavy (non-hydrogen) atoms. The fraction of sp³-hybridized carbons (Fsp3) is 0.500. The highest BCUT2D eigenvalue weighted by Crippen LogP contribution is 2.30. The van der Waals surface area contributed by atoms with Crippen LogP contribution in [0.25, 0.3) is 0 Å². The Balaban J connectivity index is 2.17. The summed E-state index contributed by atoms with van der Waals surface area (Å²) >= 11 is 0. The number of alkyl halides is 1. The van der Waals surface area contributed by atoms with Crippen LogP contribution in [0.15, 0.2) is 24.3 Å². The molecule has 0 spiro atoms. The third kappa shape index (κ3) is 3.19. The van der Waals surface area contributed by atoms with Crippen molar-refractivity contribution in [2.75, 3.05) is 17.2 Å². The maximum Gasteiger partial charge on any atom is 0.153 e. The molecule has 1 atom stereocenters. The molecule has 0 amide bonds. The first-order chi connectivity index (χ1) is 7.89. The minimum Gasteiger partial charge on any atom is -0.399 e. The number of hydrogen-bond acceptors (Lipinski definition) is 3. The number of halogens is 1. The smallest absolute Gasteiger partial charge is 0.153 e. The zero-order chi connectivity index (χ0) is 12.5. The Morgan fingerprint density at radius 3 is 2.82 bits per heavy atom. The summed E-state index contributed by atoms with van der Waals surface area (Å²) in [5, 5.41) is 0. The zero-order valence-electron chi connectivity index (χ0n) is 9.52. The quantitative estimate of drug-likeness (QED) is 0.821. The summed E-state index contributed by atoms with van der Waals surface area (Å²) in [7, 11) is -3.23. The summed E-state index contributed by atoms with van der Waals surface area (Å²) in [6.45, 7) is 0. The summed E-state index contributed by atoms with van der Waals surface area (Å²) in [5.74, 6) is -0.260. The lowest BCUT2D eigenvalue weighted by atomic mass is 9.93. The van der Waals surface area contributed by atoms with Crippen molar-refractivity contribution in [3.63, 3.8) is 0 Å². The van der Waals surface area contributed by atoms with Gasteiger partial charge in [0.2, 0.25) is 0 Å². The first-order valence-electron chi connectivity index (χ1n) is 5.62. The van der Waals surface area contributed by atoms with Crippen LogP contribution in [-0.2, 0) is 16.3 Å². The molecule has 0 bridgehead atoms. The fourth-order valence-electron chi connectivity index (χ4n) is 2.36. The molecule has 1 fully saturated rings. The van der Waals surface area contributed by atoms with E-state index in [9.17, 15) is 12.8 Å². The number of anilines is 1. The van der Waals surface area contributed by atoms with E-state index in [2.05, 4.69) is 0 Å². The molecule has 1 unspecified atom stereocenters. The standard InChI is InChI=1S/C12H16FNO2S/c13-12(5-2-6-17(15,16)9-12)8-10-3-1-4-11(14)7-10/h1,3-4,7H,2,5-6,8-9,14H2. The van der Waals surface area contributed by atoms with Gasteiger partial charge in [-0.1, -0.05) is 12.1 Å². The van der Waals surface area contributed by atoms with E-state index >= 15 is 0 Å². The van der Waals surface area contributed by atoms with E-state index in [4.69, 9.17) is 5.73 Å².